The molecule has 0 radical (unpaired) electrons. The summed E-state index contributed by atoms with van der Waals surface area (Å²) in [6, 6.07) is 5.96. The normalized spacial score (nSPS) is 16.3. The van der Waals surface area contributed by atoms with Gasteiger partial charge < -0.3 is 15.1 Å². The Labute approximate surface area is 184 Å². The maximum Gasteiger partial charge on any atom is 0.434 e. The van der Waals surface area contributed by atoms with Crippen LogP contribution in [0.3, 0.4) is 0 Å². The maximum absolute atomic E-state index is 14.9. The quantitative estimate of drug-likeness (QED) is 0.591. The molecule has 7 nitrogen and oxygen atoms in total. The van der Waals surface area contributed by atoms with Gasteiger partial charge in [-0.2, -0.15) is 0 Å². The van der Waals surface area contributed by atoms with Crippen molar-refractivity contribution in [1.29, 1.82) is 0 Å². The molecule has 3 N–H and O–H groups in total. The smallest absolute Gasteiger partial charge is 0.391 e. The number of nitrogens with two attached hydrogens (primary N) is 1. The molecule has 0 spiro atoms. The van der Waals surface area contributed by atoms with Crippen molar-refractivity contribution in [2.45, 2.75) is 44.7 Å². The average Bonchev–Trinajstić information content (AvgIpc) is 3.13. The highest BCUT2D eigenvalue weighted by atomic mass is 32.2. The predicted octanol–water partition coefficient (Wildman–Crippen LogP) is 3.89. The molecule has 1 aromatic heterocycles. The van der Waals surface area contributed by atoms with Crippen LogP contribution in [0, 0.1) is 33.5 Å². The fourth-order valence-electron chi connectivity index (χ4n) is 3.93. The molecule has 9 heteroatoms. The van der Waals surface area contributed by atoms with E-state index in [0.29, 0.717) is 12.2 Å². The fraction of sp³-hybridized carbons (Fsp3) is 0.364. The summed E-state index contributed by atoms with van der Waals surface area (Å²) in [7, 11) is 1.99. The van der Waals surface area contributed by atoms with E-state index in [1.165, 1.54) is 29.1 Å². The van der Waals surface area contributed by atoms with Crippen molar-refractivity contribution < 1.29 is 8.81 Å². The predicted molar refractivity (Wildman–Crippen MR) is 120 cm³/mol. The lowest BCUT2D eigenvalue weighted by Gasteiger charge is -2.40. The summed E-state index contributed by atoms with van der Waals surface area (Å²) in [6.45, 7) is 8.40. The van der Waals surface area contributed by atoms with Crippen molar-refractivity contribution in [2.24, 2.45) is 5.73 Å². The molecule has 0 aliphatic carbocycles. The summed E-state index contributed by atoms with van der Waals surface area (Å²) in [4.78, 5) is 14.9. The Kier molecular flexibility index (Phi) is 5.67. The average molecular weight is 444 g/mol. The second kappa shape index (κ2) is 8.14. The summed E-state index contributed by atoms with van der Waals surface area (Å²) < 4.78 is 22.2. The first-order chi connectivity index (χ1) is 14.7. The number of hydrogen-bond donors (Lipinski definition) is 2. The summed E-state index contributed by atoms with van der Waals surface area (Å²) in [6.07, 6.45) is 0. The lowest BCUT2D eigenvalue weighted by atomic mass is 9.92. The van der Waals surface area contributed by atoms with Crippen LogP contribution in [0.25, 0.3) is 0 Å². The van der Waals surface area contributed by atoms with Gasteiger partial charge in [-0.15, -0.1) is 5.10 Å². The zero-order valence-corrected chi connectivity index (χ0v) is 19.0. The molecule has 2 aromatic carbocycles. The van der Waals surface area contributed by atoms with Gasteiger partial charge in [0.15, 0.2) is 0 Å². The Morgan fingerprint density at radius 1 is 1.19 bits per heavy atom. The summed E-state index contributed by atoms with van der Waals surface area (Å²) in [5.74, 6) is -0.928. The Balaban J connectivity index is 1.81. The number of benzene rings is 2. The minimum Gasteiger partial charge on any atom is -0.391 e. The van der Waals surface area contributed by atoms with Gasteiger partial charge in [0, 0.05) is 17.5 Å². The minimum absolute atomic E-state index is 0.131. The molecule has 1 aliphatic rings. The van der Waals surface area contributed by atoms with Crippen molar-refractivity contribution in [3.8, 4) is 0 Å². The van der Waals surface area contributed by atoms with Crippen LogP contribution in [0.1, 0.15) is 45.8 Å². The molecule has 31 heavy (non-hydrogen) atoms. The molecule has 0 amide bonds. The summed E-state index contributed by atoms with van der Waals surface area (Å²) in [5.41, 5.74) is 12.3. The van der Waals surface area contributed by atoms with Gasteiger partial charge in [-0.25, -0.2) is 18.6 Å². The number of rotatable bonds is 4. The van der Waals surface area contributed by atoms with Crippen molar-refractivity contribution in [3.63, 3.8) is 0 Å². The molecule has 0 fully saturated rings. The Morgan fingerprint density at radius 2 is 1.90 bits per heavy atom. The SMILES string of the molecule is Cc1cc2c(cc1C)N(C)CN(C(c1n[nH]c(=O)o1)[C@H](N)c1c(F)ccc(C)c1C)S2. The second-order valence-electron chi connectivity index (χ2n) is 8.08. The number of aromatic nitrogens is 2. The number of fused-ring (bicyclic) bond motifs is 1. The highest BCUT2D eigenvalue weighted by Crippen LogP contribution is 2.46. The highest BCUT2D eigenvalue weighted by molar-refractivity contribution is 7.97. The van der Waals surface area contributed by atoms with Gasteiger partial charge in [0.1, 0.15) is 11.9 Å². The maximum atomic E-state index is 14.9. The Hall–Kier alpha value is -2.62. The molecule has 1 aliphatic heterocycles. The first-order valence-electron chi connectivity index (χ1n) is 10.0. The van der Waals surface area contributed by atoms with E-state index in [-0.39, 0.29) is 11.7 Å². The van der Waals surface area contributed by atoms with Crippen LogP contribution in [0.2, 0.25) is 0 Å². The van der Waals surface area contributed by atoms with Gasteiger partial charge >= 0.3 is 5.76 Å². The molecule has 1 unspecified atom stereocenters. The molecule has 3 aromatic rings. The van der Waals surface area contributed by atoms with Gasteiger partial charge in [-0.3, -0.25) is 0 Å². The number of halogens is 1. The standard InChI is InChI=1S/C22H26FN5O2S/c1-11-6-7-15(23)18(14(11)4)19(24)20(21-25-26-22(29)30-21)28-10-27(5)16-8-12(2)13(3)9-17(16)31-28/h6-9,19-20H,10,24H2,1-5H3,(H,26,29)/t19-,20?/m1/s1. The number of nitrogens with one attached hydrogen (secondary N) is 1. The van der Waals surface area contributed by atoms with Crippen molar-refractivity contribution in [3.05, 3.63) is 74.3 Å². The third-order valence-corrected chi connectivity index (χ3v) is 7.08. The van der Waals surface area contributed by atoms with E-state index >= 15 is 0 Å². The molecule has 2 heterocycles. The summed E-state index contributed by atoms with van der Waals surface area (Å²) >= 11 is 1.51. The van der Waals surface area contributed by atoms with Crippen LogP contribution in [0.5, 0.6) is 0 Å². The van der Waals surface area contributed by atoms with Crippen molar-refractivity contribution >= 4 is 17.6 Å². The highest BCUT2D eigenvalue weighted by Gasteiger charge is 2.38. The number of hydrogen-bond acceptors (Lipinski definition) is 7. The van der Waals surface area contributed by atoms with Crippen LogP contribution in [-0.4, -0.2) is 28.2 Å². The monoisotopic (exact) mass is 443 g/mol. The van der Waals surface area contributed by atoms with E-state index in [0.717, 1.165) is 21.7 Å². The van der Waals surface area contributed by atoms with Crippen LogP contribution < -0.4 is 16.4 Å². The minimum atomic E-state index is -0.805. The second-order valence-corrected chi connectivity index (χ2v) is 9.17. The fourth-order valence-corrected chi connectivity index (χ4v) is 5.28. The lowest BCUT2D eigenvalue weighted by molar-refractivity contribution is 0.250. The van der Waals surface area contributed by atoms with E-state index in [1.54, 1.807) is 6.07 Å². The van der Waals surface area contributed by atoms with E-state index in [1.807, 2.05) is 25.2 Å². The first-order valence-corrected chi connectivity index (χ1v) is 10.8. The molecule has 0 saturated carbocycles. The largest absolute Gasteiger partial charge is 0.434 e. The van der Waals surface area contributed by atoms with Gasteiger partial charge in [0.05, 0.1) is 18.4 Å². The van der Waals surface area contributed by atoms with E-state index in [2.05, 4.69) is 41.1 Å². The molecule has 4 rings (SSSR count). The number of H-pyrrole nitrogens is 1. The van der Waals surface area contributed by atoms with Crippen LogP contribution in [-0.2, 0) is 0 Å². The zero-order chi connectivity index (χ0) is 22.4. The lowest BCUT2D eigenvalue weighted by Crippen LogP contribution is -2.41. The van der Waals surface area contributed by atoms with E-state index in [9.17, 15) is 9.18 Å². The summed E-state index contributed by atoms with van der Waals surface area (Å²) in [5, 5.41) is 6.36. The molecular formula is C22H26FN5O2S. The van der Waals surface area contributed by atoms with Crippen molar-refractivity contribution in [2.75, 3.05) is 18.6 Å². The number of nitrogens with zero attached hydrogens (tertiary/aromatic N) is 3. The first kappa shape index (κ1) is 21.6. The van der Waals surface area contributed by atoms with Crippen LogP contribution >= 0.6 is 11.9 Å². The topological polar surface area (TPSA) is 91.4 Å². The van der Waals surface area contributed by atoms with E-state index < -0.39 is 17.8 Å². The Bertz CT molecular complexity index is 1190. The van der Waals surface area contributed by atoms with E-state index in [4.69, 9.17) is 10.2 Å². The van der Waals surface area contributed by atoms with Gasteiger partial charge in [0.2, 0.25) is 5.89 Å². The third-order valence-electron chi connectivity index (χ3n) is 5.98. The number of aryl methyl sites for hydroxylation is 3. The number of anilines is 1. The number of aromatic amines is 1. The van der Waals surface area contributed by atoms with Crippen LogP contribution in [0.4, 0.5) is 10.1 Å². The molecule has 0 bridgehead atoms. The molecule has 0 saturated heterocycles. The Morgan fingerprint density at radius 3 is 2.58 bits per heavy atom. The van der Waals surface area contributed by atoms with Gasteiger partial charge in [-0.05, 0) is 80.1 Å². The van der Waals surface area contributed by atoms with Gasteiger partial charge in [0.25, 0.3) is 0 Å². The van der Waals surface area contributed by atoms with Crippen molar-refractivity contribution in [1.82, 2.24) is 14.5 Å². The van der Waals surface area contributed by atoms with Crippen LogP contribution in [0.15, 0.2) is 38.4 Å². The molecule has 2 atom stereocenters. The third kappa shape index (κ3) is 3.88. The van der Waals surface area contributed by atoms with Gasteiger partial charge in [-0.1, -0.05) is 6.07 Å². The zero-order valence-electron chi connectivity index (χ0n) is 18.2. The molecular weight excluding hydrogens is 417 g/mol. The molecule has 164 valence electrons.